The standard InChI is InChI=1S/C9H13NOS/c1-8(12-2)6-10-5-3-4-9(10)7-11/h3-5,7-8H,6H2,1-2H3. The summed E-state index contributed by atoms with van der Waals surface area (Å²) in [5, 5.41) is 0.552. The first-order chi connectivity index (χ1) is 5.77. The van der Waals surface area contributed by atoms with Crippen molar-refractivity contribution < 1.29 is 4.79 Å². The zero-order valence-electron chi connectivity index (χ0n) is 7.36. The van der Waals surface area contributed by atoms with Crippen molar-refractivity contribution in [2.45, 2.75) is 18.7 Å². The van der Waals surface area contributed by atoms with Gasteiger partial charge in [0.05, 0.1) is 5.69 Å². The van der Waals surface area contributed by atoms with E-state index in [0.29, 0.717) is 5.25 Å². The molecular weight excluding hydrogens is 170 g/mol. The van der Waals surface area contributed by atoms with Crippen LogP contribution in [0.5, 0.6) is 0 Å². The lowest BCUT2D eigenvalue weighted by Crippen LogP contribution is -2.10. The highest BCUT2D eigenvalue weighted by molar-refractivity contribution is 7.99. The van der Waals surface area contributed by atoms with Gasteiger partial charge in [0.1, 0.15) is 0 Å². The zero-order chi connectivity index (χ0) is 8.97. The van der Waals surface area contributed by atoms with Crippen molar-refractivity contribution in [2.24, 2.45) is 0 Å². The number of rotatable bonds is 4. The highest BCUT2D eigenvalue weighted by Gasteiger charge is 2.03. The Labute approximate surface area is 77.0 Å². The van der Waals surface area contributed by atoms with Crippen LogP contribution in [-0.4, -0.2) is 22.4 Å². The van der Waals surface area contributed by atoms with Crippen molar-refractivity contribution in [3.05, 3.63) is 24.0 Å². The second-order valence-corrected chi connectivity index (χ2v) is 4.03. The van der Waals surface area contributed by atoms with Gasteiger partial charge in [0, 0.05) is 18.0 Å². The van der Waals surface area contributed by atoms with E-state index >= 15 is 0 Å². The highest BCUT2D eigenvalue weighted by Crippen LogP contribution is 2.09. The van der Waals surface area contributed by atoms with Crippen LogP contribution in [0.4, 0.5) is 0 Å². The number of hydrogen-bond acceptors (Lipinski definition) is 2. The Kier molecular flexibility index (Phi) is 3.41. The molecule has 0 bridgehead atoms. The van der Waals surface area contributed by atoms with E-state index in [-0.39, 0.29) is 0 Å². The predicted molar refractivity (Wildman–Crippen MR) is 52.8 cm³/mol. The Morgan fingerprint density at radius 1 is 1.75 bits per heavy atom. The van der Waals surface area contributed by atoms with E-state index in [0.717, 1.165) is 18.5 Å². The van der Waals surface area contributed by atoms with Crippen molar-refractivity contribution in [1.82, 2.24) is 4.57 Å². The molecule has 0 aliphatic carbocycles. The van der Waals surface area contributed by atoms with Gasteiger partial charge >= 0.3 is 0 Å². The molecule has 0 saturated heterocycles. The molecule has 2 nitrogen and oxygen atoms in total. The van der Waals surface area contributed by atoms with Gasteiger partial charge in [-0.25, -0.2) is 0 Å². The number of thioether (sulfide) groups is 1. The van der Waals surface area contributed by atoms with Crippen LogP contribution in [0.25, 0.3) is 0 Å². The lowest BCUT2D eigenvalue weighted by molar-refractivity contribution is 0.111. The number of nitrogens with zero attached hydrogens (tertiary/aromatic N) is 1. The summed E-state index contributed by atoms with van der Waals surface area (Å²) in [5.74, 6) is 0. The van der Waals surface area contributed by atoms with Crippen LogP contribution in [-0.2, 0) is 6.54 Å². The summed E-state index contributed by atoms with van der Waals surface area (Å²) in [6.45, 7) is 3.06. The van der Waals surface area contributed by atoms with Crippen molar-refractivity contribution in [3.8, 4) is 0 Å². The molecule has 0 spiro atoms. The van der Waals surface area contributed by atoms with Gasteiger partial charge in [0.25, 0.3) is 0 Å². The molecule has 0 fully saturated rings. The summed E-state index contributed by atoms with van der Waals surface area (Å²) in [6, 6.07) is 3.73. The van der Waals surface area contributed by atoms with Gasteiger partial charge in [-0.1, -0.05) is 6.92 Å². The fraction of sp³-hybridized carbons (Fsp3) is 0.444. The van der Waals surface area contributed by atoms with Crippen molar-refractivity contribution in [3.63, 3.8) is 0 Å². The first-order valence-corrected chi connectivity index (χ1v) is 5.20. The molecule has 0 radical (unpaired) electrons. The number of carbonyl (C=O) groups is 1. The van der Waals surface area contributed by atoms with Gasteiger partial charge in [-0.05, 0) is 18.4 Å². The lowest BCUT2D eigenvalue weighted by Gasteiger charge is -2.10. The average Bonchev–Trinajstić information content (AvgIpc) is 2.51. The fourth-order valence-corrected chi connectivity index (χ4v) is 1.36. The average molecular weight is 183 g/mol. The molecule has 66 valence electrons. The van der Waals surface area contributed by atoms with Crippen molar-refractivity contribution in [2.75, 3.05) is 6.26 Å². The molecule has 3 heteroatoms. The van der Waals surface area contributed by atoms with E-state index in [1.165, 1.54) is 0 Å². The molecule has 0 N–H and O–H groups in total. The maximum absolute atomic E-state index is 10.5. The van der Waals surface area contributed by atoms with Crippen LogP contribution >= 0.6 is 11.8 Å². The molecule has 0 aliphatic rings. The first kappa shape index (κ1) is 9.39. The van der Waals surface area contributed by atoms with Crippen LogP contribution in [0.15, 0.2) is 18.3 Å². The third-order valence-electron chi connectivity index (χ3n) is 1.84. The fourth-order valence-electron chi connectivity index (χ4n) is 1.05. The second kappa shape index (κ2) is 4.36. The molecule has 12 heavy (non-hydrogen) atoms. The Hall–Kier alpha value is -0.700. The van der Waals surface area contributed by atoms with Crippen LogP contribution in [0.3, 0.4) is 0 Å². The van der Waals surface area contributed by atoms with E-state index < -0.39 is 0 Å². The van der Waals surface area contributed by atoms with Gasteiger partial charge in [0.15, 0.2) is 6.29 Å². The normalized spacial score (nSPS) is 12.8. The molecule has 1 unspecified atom stereocenters. The van der Waals surface area contributed by atoms with Crippen molar-refractivity contribution >= 4 is 18.0 Å². The molecule has 1 rings (SSSR count). The van der Waals surface area contributed by atoms with Crippen LogP contribution in [0.1, 0.15) is 17.4 Å². The minimum Gasteiger partial charge on any atom is -0.344 e. The zero-order valence-corrected chi connectivity index (χ0v) is 8.17. The quantitative estimate of drug-likeness (QED) is 0.666. The van der Waals surface area contributed by atoms with Crippen LogP contribution < -0.4 is 0 Å². The third kappa shape index (κ3) is 2.14. The van der Waals surface area contributed by atoms with Crippen LogP contribution in [0.2, 0.25) is 0 Å². The summed E-state index contributed by atoms with van der Waals surface area (Å²) in [7, 11) is 0. The van der Waals surface area contributed by atoms with E-state index in [1.807, 2.05) is 22.9 Å². The largest absolute Gasteiger partial charge is 0.344 e. The molecule has 1 aromatic heterocycles. The molecule has 1 atom stereocenters. The maximum Gasteiger partial charge on any atom is 0.166 e. The smallest absolute Gasteiger partial charge is 0.166 e. The lowest BCUT2D eigenvalue weighted by atomic mass is 10.4. The van der Waals surface area contributed by atoms with E-state index in [4.69, 9.17) is 0 Å². The van der Waals surface area contributed by atoms with Gasteiger partial charge in [-0.15, -0.1) is 0 Å². The molecule has 0 saturated carbocycles. The molecule has 0 aromatic carbocycles. The molecule has 0 aliphatic heterocycles. The Balaban J connectivity index is 2.67. The summed E-state index contributed by atoms with van der Waals surface area (Å²) in [4.78, 5) is 10.5. The molecule has 1 aromatic rings. The Morgan fingerprint density at radius 2 is 2.50 bits per heavy atom. The summed E-state index contributed by atoms with van der Waals surface area (Å²) >= 11 is 1.81. The summed E-state index contributed by atoms with van der Waals surface area (Å²) in [6.07, 6.45) is 4.91. The van der Waals surface area contributed by atoms with Gasteiger partial charge in [-0.3, -0.25) is 4.79 Å². The van der Waals surface area contributed by atoms with Gasteiger partial charge in [-0.2, -0.15) is 11.8 Å². The monoisotopic (exact) mass is 183 g/mol. The number of carbonyl (C=O) groups excluding carboxylic acids is 1. The third-order valence-corrected chi connectivity index (χ3v) is 2.80. The number of aldehydes is 1. The molecule has 0 amide bonds. The minimum atomic E-state index is 0.552. The highest BCUT2D eigenvalue weighted by atomic mass is 32.2. The first-order valence-electron chi connectivity index (χ1n) is 3.91. The van der Waals surface area contributed by atoms with E-state index in [9.17, 15) is 4.79 Å². The van der Waals surface area contributed by atoms with Crippen LogP contribution in [0, 0.1) is 0 Å². The SMILES string of the molecule is CSC(C)Cn1cccc1C=O. The molecule has 1 heterocycles. The van der Waals surface area contributed by atoms with E-state index in [1.54, 1.807) is 11.8 Å². The Morgan fingerprint density at radius 3 is 3.08 bits per heavy atom. The van der Waals surface area contributed by atoms with Gasteiger partial charge in [0.2, 0.25) is 0 Å². The number of hydrogen-bond donors (Lipinski definition) is 0. The predicted octanol–water partition coefficient (Wildman–Crippen LogP) is 2.05. The summed E-state index contributed by atoms with van der Waals surface area (Å²) < 4.78 is 1.98. The Bertz CT molecular complexity index is 257. The maximum atomic E-state index is 10.5. The number of aromatic nitrogens is 1. The van der Waals surface area contributed by atoms with Crippen molar-refractivity contribution in [1.29, 1.82) is 0 Å². The minimum absolute atomic E-state index is 0.552. The topological polar surface area (TPSA) is 22.0 Å². The summed E-state index contributed by atoms with van der Waals surface area (Å²) in [5.41, 5.74) is 0.760. The van der Waals surface area contributed by atoms with Gasteiger partial charge < -0.3 is 4.57 Å². The van der Waals surface area contributed by atoms with E-state index in [2.05, 4.69) is 13.2 Å². The molecular formula is C9H13NOS. The second-order valence-electron chi connectivity index (χ2n) is 2.75.